The van der Waals surface area contributed by atoms with E-state index in [1.54, 1.807) is 4.90 Å². The molecule has 106 valence electrons. The number of aliphatic hydroxyl groups excluding tert-OH is 1. The van der Waals surface area contributed by atoms with Crippen LogP contribution in [-0.4, -0.2) is 63.5 Å². The minimum absolute atomic E-state index is 0.0922. The van der Waals surface area contributed by atoms with Crippen molar-refractivity contribution in [3.63, 3.8) is 0 Å². The van der Waals surface area contributed by atoms with Gasteiger partial charge >= 0.3 is 0 Å². The van der Waals surface area contributed by atoms with Crippen molar-refractivity contribution in [1.29, 1.82) is 0 Å². The number of nitrogens with one attached hydrogen (secondary N) is 1. The molecule has 0 spiro atoms. The van der Waals surface area contributed by atoms with Crippen molar-refractivity contribution in [3.8, 4) is 0 Å². The normalized spacial score (nSPS) is 20.6. The summed E-state index contributed by atoms with van der Waals surface area (Å²) < 4.78 is 5.31. The fraction of sp³-hybridized carbons (Fsp3) is 0.750. The Balaban J connectivity index is 2.09. The molecule has 1 atom stereocenters. The Kier molecular flexibility index (Phi) is 3.86. The Hall–Kier alpha value is -1.47. The Bertz CT molecular complexity index is 452. The number of rotatable bonds is 2. The number of nitrogens with zero attached hydrogens (tertiary/aromatic N) is 3. The van der Waals surface area contributed by atoms with Gasteiger partial charge in [0, 0.05) is 18.5 Å². The van der Waals surface area contributed by atoms with Crippen LogP contribution in [0.4, 0.5) is 0 Å². The first-order valence-electron chi connectivity index (χ1n) is 6.36. The standard InChI is InChI=1S/C12H20N4O3/c1-12(2,3)11-13-9(14-15-11)10(18)16-4-5-19-8(6-16)7-17/h8,17H,4-7H2,1-3H3,(H,13,14,15). The number of aromatic nitrogens is 3. The summed E-state index contributed by atoms with van der Waals surface area (Å²) in [5.41, 5.74) is -0.176. The van der Waals surface area contributed by atoms with Gasteiger partial charge in [0.25, 0.3) is 5.91 Å². The van der Waals surface area contributed by atoms with Gasteiger partial charge in [-0.3, -0.25) is 9.89 Å². The zero-order valence-corrected chi connectivity index (χ0v) is 11.5. The second kappa shape index (κ2) is 5.26. The molecule has 0 aromatic carbocycles. The van der Waals surface area contributed by atoms with E-state index in [2.05, 4.69) is 15.2 Å². The van der Waals surface area contributed by atoms with Crippen molar-refractivity contribution >= 4 is 5.91 Å². The van der Waals surface area contributed by atoms with Crippen LogP contribution in [0.25, 0.3) is 0 Å². The van der Waals surface area contributed by atoms with Crippen LogP contribution in [0, 0.1) is 0 Å². The maximum absolute atomic E-state index is 12.2. The van der Waals surface area contributed by atoms with Gasteiger partial charge in [0.1, 0.15) is 5.82 Å². The molecule has 1 fully saturated rings. The number of hydrogen-bond donors (Lipinski definition) is 2. The third kappa shape index (κ3) is 3.10. The lowest BCUT2D eigenvalue weighted by atomic mass is 9.96. The van der Waals surface area contributed by atoms with Crippen molar-refractivity contribution < 1.29 is 14.6 Å². The van der Waals surface area contributed by atoms with E-state index in [1.165, 1.54) is 0 Å². The first kappa shape index (κ1) is 14.0. The molecule has 1 saturated heterocycles. The number of H-pyrrole nitrogens is 1. The Morgan fingerprint density at radius 3 is 2.89 bits per heavy atom. The molecule has 2 heterocycles. The van der Waals surface area contributed by atoms with Crippen molar-refractivity contribution in [3.05, 3.63) is 11.6 Å². The number of morpholine rings is 1. The number of amides is 1. The minimum atomic E-state index is -0.321. The SMILES string of the molecule is CC(C)(C)c1nc(C(=O)N2CCOC(CO)C2)n[nH]1. The lowest BCUT2D eigenvalue weighted by molar-refractivity contribution is -0.0450. The average molecular weight is 268 g/mol. The molecule has 1 aromatic rings. The zero-order valence-electron chi connectivity index (χ0n) is 11.5. The maximum Gasteiger partial charge on any atom is 0.293 e. The van der Waals surface area contributed by atoms with Crippen LogP contribution >= 0.6 is 0 Å². The van der Waals surface area contributed by atoms with E-state index in [9.17, 15) is 4.79 Å². The number of aliphatic hydroxyl groups is 1. The minimum Gasteiger partial charge on any atom is -0.394 e. The van der Waals surface area contributed by atoms with E-state index in [0.717, 1.165) is 0 Å². The highest BCUT2D eigenvalue weighted by atomic mass is 16.5. The Morgan fingerprint density at radius 1 is 1.58 bits per heavy atom. The van der Waals surface area contributed by atoms with Gasteiger partial charge in [-0.1, -0.05) is 20.8 Å². The second-order valence-electron chi connectivity index (χ2n) is 5.68. The predicted molar refractivity (Wildman–Crippen MR) is 67.8 cm³/mol. The van der Waals surface area contributed by atoms with Gasteiger partial charge in [0.2, 0.25) is 5.82 Å². The Labute approximate surface area is 112 Å². The van der Waals surface area contributed by atoms with Crippen LogP contribution in [-0.2, 0) is 10.2 Å². The van der Waals surface area contributed by atoms with Gasteiger partial charge in [-0.15, -0.1) is 5.10 Å². The molecular formula is C12H20N4O3. The molecule has 0 bridgehead atoms. The predicted octanol–water partition coefficient (Wildman–Crippen LogP) is -0.0645. The molecule has 1 aliphatic rings. The van der Waals surface area contributed by atoms with Crippen LogP contribution in [0.2, 0.25) is 0 Å². The van der Waals surface area contributed by atoms with Gasteiger partial charge in [0.05, 0.1) is 19.3 Å². The first-order valence-corrected chi connectivity index (χ1v) is 6.36. The maximum atomic E-state index is 12.2. The van der Waals surface area contributed by atoms with Crippen LogP contribution in [0.3, 0.4) is 0 Å². The Morgan fingerprint density at radius 2 is 2.32 bits per heavy atom. The molecule has 0 aliphatic carbocycles. The average Bonchev–Trinajstić information content (AvgIpc) is 2.87. The summed E-state index contributed by atoms with van der Waals surface area (Å²) in [4.78, 5) is 18.1. The fourth-order valence-corrected chi connectivity index (χ4v) is 1.85. The van der Waals surface area contributed by atoms with E-state index in [1.807, 2.05) is 20.8 Å². The molecule has 2 N–H and O–H groups in total. The topological polar surface area (TPSA) is 91.3 Å². The van der Waals surface area contributed by atoms with E-state index in [0.29, 0.717) is 25.5 Å². The van der Waals surface area contributed by atoms with E-state index >= 15 is 0 Å². The summed E-state index contributed by atoms with van der Waals surface area (Å²) >= 11 is 0. The molecule has 1 aromatic heterocycles. The molecule has 7 heteroatoms. The summed E-state index contributed by atoms with van der Waals surface area (Å²) in [6.45, 7) is 7.19. The molecule has 2 rings (SSSR count). The third-order valence-electron chi connectivity index (χ3n) is 3.02. The van der Waals surface area contributed by atoms with Crippen molar-refractivity contribution in [2.45, 2.75) is 32.3 Å². The van der Waals surface area contributed by atoms with Crippen LogP contribution < -0.4 is 0 Å². The molecule has 1 amide bonds. The fourth-order valence-electron chi connectivity index (χ4n) is 1.85. The molecule has 7 nitrogen and oxygen atoms in total. The lowest BCUT2D eigenvalue weighted by Crippen LogP contribution is -2.47. The van der Waals surface area contributed by atoms with Gasteiger partial charge in [0.15, 0.2) is 0 Å². The molecule has 19 heavy (non-hydrogen) atoms. The smallest absolute Gasteiger partial charge is 0.293 e. The number of carbonyl (C=O) groups is 1. The van der Waals surface area contributed by atoms with Crippen molar-refractivity contribution in [2.24, 2.45) is 0 Å². The molecular weight excluding hydrogens is 248 g/mol. The van der Waals surface area contributed by atoms with E-state index < -0.39 is 0 Å². The third-order valence-corrected chi connectivity index (χ3v) is 3.02. The highest BCUT2D eigenvalue weighted by Crippen LogP contribution is 2.18. The van der Waals surface area contributed by atoms with Gasteiger partial charge in [-0.05, 0) is 0 Å². The van der Waals surface area contributed by atoms with Crippen LogP contribution in [0.5, 0.6) is 0 Å². The molecule has 0 saturated carbocycles. The molecule has 1 unspecified atom stereocenters. The number of carbonyl (C=O) groups excluding carboxylic acids is 1. The highest BCUT2D eigenvalue weighted by molar-refractivity contribution is 5.90. The van der Waals surface area contributed by atoms with Crippen molar-refractivity contribution in [2.75, 3.05) is 26.3 Å². The lowest BCUT2D eigenvalue weighted by Gasteiger charge is -2.31. The quantitative estimate of drug-likeness (QED) is 0.784. The summed E-state index contributed by atoms with van der Waals surface area (Å²) in [6, 6.07) is 0. The number of aromatic amines is 1. The summed E-state index contributed by atoms with van der Waals surface area (Å²) in [7, 11) is 0. The number of hydrogen-bond acceptors (Lipinski definition) is 5. The largest absolute Gasteiger partial charge is 0.394 e. The van der Waals surface area contributed by atoms with Crippen LogP contribution in [0.15, 0.2) is 0 Å². The van der Waals surface area contributed by atoms with Crippen LogP contribution in [0.1, 0.15) is 37.2 Å². The van der Waals surface area contributed by atoms with Gasteiger partial charge in [-0.2, -0.15) is 0 Å². The highest BCUT2D eigenvalue weighted by Gasteiger charge is 2.28. The first-order chi connectivity index (χ1) is 8.91. The summed E-state index contributed by atoms with van der Waals surface area (Å²) in [6.07, 6.45) is -0.321. The van der Waals surface area contributed by atoms with Gasteiger partial charge < -0.3 is 14.7 Å². The second-order valence-corrected chi connectivity index (χ2v) is 5.68. The zero-order chi connectivity index (χ0) is 14.0. The summed E-state index contributed by atoms with van der Waals surface area (Å²) in [5.74, 6) is 0.625. The van der Waals surface area contributed by atoms with Gasteiger partial charge in [-0.25, -0.2) is 4.98 Å². The molecule has 1 aliphatic heterocycles. The van der Waals surface area contributed by atoms with E-state index in [4.69, 9.17) is 9.84 Å². The monoisotopic (exact) mass is 268 g/mol. The van der Waals surface area contributed by atoms with Crippen molar-refractivity contribution in [1.82, 2.24) is 20.1 Å². The van der Waals surface area contributed by atoms with E-state index in [-0.39, 0.29) is 29.9 Å². The summed E-state index contributed by atoms with van der Waals surface area (Å²) in [5, 5.41) is 15.9. The molecule has 0 radical (unpaired) electrons. The number of ether oxygens (including phenoxy) is 1.